The second kappa shape index (κ2) is 5.62. The molecule has 0 radical (unpaired) electrons. The van der Waals surface area contributed by atoms with Gasteiger partial charge in [-0.2, -0.15) is 0 Å². The molecule has 0 aromatic heterocycles. The summed E-state index contributed by atoms with van der Waals surface area (Å²) in [6.45, 7) is 1.06. The monoisotopic (exact) mass is 299 g/mol. The van der Waals surface area contributed by atoms with Crippen LogP contribution in [0.3, 0.4) is 0 Å². The Labute approximate surface area is 108 Å². The molecule has 0 amide bonds. The fraction of sp³-hybridized carbons (Fsp3) is 0.417. The lowest BCUT2D eigenvalue weighted by Crippen LogP contribution is -2.35. The van der Waals surface area contributed by atoms with Gasteiger partial charge in [-0.1, -0.05) is 28.1 Å². The van der Waals surface area contributed by atoms with Gasteiger partial charge < -0.3 is 15.2 Å². The molecule has 5 heteroatoms. The number of nitrogens with two attached hydrogens (primary N) is 1. The van der Waals surface area contributed by atoms with Crippen molar-refractivity contribution in [3.05, 3.63) is 34.3 Å². The summed E-state index contributed by atoms with van der Waals surface area (Å²) >= 11 is 3.35. The minimum Gasteiger partial charge on any atom is -0.460 e. The standard InChI is InChI=1S/C12H14BrNO3/c13-9-3-1-8(2-4-9)5-17-12(15)10-6-16-7-11(10)14/h1-4,10-11H,5-7,14H2. The summed E-state index contributed by atoms with van der Waals surface area (Å²) in [6.07, 6.45) is 0. The predicted octanol–water partition coefficient (Wildman–Crippen LogP) is 1.47. The van der Waals surface area contributed by atoms with E-state index in [-0.39, 0.29) is 24.5 Å². The highest BCUT2D eigenvalue weighted by atomic mass is 79.9. The summed E-state index contributed by atoms with van der Waals surface area (Å²) in [5.41, 5.74) is 6.69. The number of hydrogen-bond acceptors (Lipinski definition) is 4. The van der Waals surface area contributed by atoms with E-state index >= 15 is 0 Å². The van der Waals surface area contributed by atoms with Gasteiger partial charge in [0, 0.05) is 10.5 Å². The number of hydrogen-bond donors (Lipinski definition) is 1. The Morgan fingerprint density at radius 1 is 1.41 bits per heavy atom. The first-order valence-electron chi connectivity index (χ1n) is 5.41. The maximum atomic E-state index is 11.7. The molecule has 0 saturated carbocycles. The van der Waals surface area contributed by atoms with Crippen LogP contribution in [0.25, 0.3) is 0 Å². The summed E-state index contributed by atoms with van der Waals surface area (Å²) in [6, 6.07) is 7.39. The van der Waals surface area contributed by atoms with Gasteiger partial charge in [-0.05, 0) is 17.7 Å². The van der Waals surface area contributed by atoms with Crippen molar-refractivity contribution in [3.63, 3.8) is 0 Å². The lowest BCUT2D eigenvalue weighted by molar-refractivity contribution is -0.150. The van der Waals surface area contributed by atoms with Gasteiger partial charge in [0.05, 0.1) is 19.1 Å². The van der Waals surface area contributed by atoms with Crippen LogP contribution in [-0.4, -0.2) is 25.2 Å². The molecule has 2 rings (SSSR count). The maximum absolute atomic E-state index is 11.7. The van der Waals surface area contributed by atoms with Crippen molar-refractivity contribution < 1.29 is 14.3 Å². The third-order valence-corrected chi connectivity index (χ3v) is 3.25. The maximum Gasteiger partial charge on any atom is 0.313 e. The van der Waals surface area contributed by atoms with Gasteiger partial charge in [0.2, 0.25) is 0 Å². The molecule has 92 valence electrons. The van der Waals surface area contributed by atoms with Crippen molar-refractivity contribution in [3.8, 4) is 0 Å². The van der Waals surface area contributed by atoms with E-state index < -0.39 is 0 Å². The lowest BCUT2D eigenvalue weighted by atomic mass is 10.1. The van der Waals surface area contributed by atoms with Gasteiger partial charge in [-0.3, -0.25) is 4.79 Å². The van der Waals surface area contributed by atoms with Crippen LogP contribution in [0.2, 0.25) is 0 Å². The van der Waals surface area contributed by atoms with Crippen LogP contribution in [0.5, 0.6) is 0 Å². The van der Waals surface area contributed by atoms with Crippen molar-refractivity contribution in [1.82, 2.24) is 0 Å². The highest BCUT2D eigenvalue weighted by molar-refractivity contribution is 9.10. The molecule has 0 aliphatic carbocycles. The summed E-state index contributed by atoms with van der Waals surface area (Å²) in [5.74, 6) is -0.608. The highest BCUT2D eigenvalue weighted by Gasteiger charge is 2.32. The van der Waals surface area contributed by atoms with Crippen LogP contribution < -0.4 is 5.73 Å². The summed E-state index contributed by atoms with van der Waals surface area (Å²) in [5, 5.41) is 0. The molecule has 2 atom stereocenters. The normalized spacial score (nSPS) is 23.6. The molecule has 1 fully saturated rings. The molecule has 1 saturated heterocycles. The molecule has 2 unspecified atom stereocenters. The van der Waals surface area contributed by atoms with Crippen molar-refractivity contribution in [2.45, 2.75) is 12.6 Å². The molecule has 2 N–H and O–H groups in total. The predicted molar refractivity (Wildman–Crippen MR) is 66.2 cm³/mol. The molecule has 1 aliphatic heterocycles. The summed E-state index contributed by atoms with van der Waals surface area (Å²) < 4.78 is 11.3. The topological polar surface area (TPSA) is 61.5 Å². The Kier molecular flexibility index (Phi) is 4.15. The van der Waals surface area contributed by atoms with Crippen LogP contribution in [0.1, 0.15) is 5.56 Å². The molecule has 1 aromatic rings. The van der Waals surface area contributed by atoms with Crippen molar-refractivity contribution in [2.24, 2.45) is 11.7 Å². The van der Waals surface area contributed by atoms with E-state index in [0.29, 0.717) is 13.2 Å². The number of ether oxygens (including phenoxy) is 2. The van der Waals surface area contributed by atoms with E-state index in [1.807, 2.05) is 24.3 Å². The van der Waals surface area contributed by atoms with Gasteiger partial charge in [0.1, 0.15) is 6.61 Å². The Morgan fingerprint density at radius 3 is 2.71 bits per heavy atom. The smallest absolute Gasteiger partial charge is 0.313 e. The minimum atomic E-state index is -0.328. The highest BCUT2D eigenvalue weighted by Crippen LogP contribution is 2.15. The van der Waals surface area contributed by atoms with Gasteiger partial charge >= 0.3 is 5.97 Å². The van der Waals surface area contributed by atoms with Crippen LogP contribution >= 0.6 is 15.9 Å². The van der Waals surface area contributed by atoms with Gasteiger partial charge in [0.25, 0.3) is 0 Å². The molecule has 0 spiro atoms. The van der Waals surface area contributed by atoms with Crippen molar-refractivity contribution in [2.75, 3.05) is 13.2 Å². The molecule has 1 aromatic carbocycles. The first kappa shape index (κ1) is 12.5. The fourth-order valence-corrected chi connectivity index (χ4v) is 1.92. The van der Waals surface area contributed by atoms with Crippen LogP contribution in [0.15, 0.2) is 28.7 Å². The van der Waals surface area contributed by atoms with E-state index in [4.69, 9.17) is 15.2 Å². The van der Waals surface area contributed by atoms with E-state index in [9.17, 15) is 4.79 Å². The van der Waals surface area contributed by atoms with Crippen LogP contribution in [0, 0.1) is 5.92 Å². The van der Waals surface area contributed by atoms with Crippen LogP contribution in [0.4, 0.5) is 0 Å². The van der Waals surface area contributed by atoms with E-state index in [2.05, 4.69) is 15.9 Å². The number of esters is 1. The first-order valence-corrected chi connectivity index (χ1v) is 6.20. The summed E-state index contributed by atoms with van der Waals surface area (Å²) in [4.78, 5) is 11.7. The molecular weight excluding hydrogens is 286 g/mol. The van der Waals surface area contributed by atoms with E-state index in [0.717, 1.165) is 10.0 Å². The molecule has 0 bridgehead atoms. The zero-order valence-electron chi connectivity index (χ0n) is 9.27. The SMILES string of the molecule is NC1COCC1C(=O)OCc1ccc(Br)cc1. The van der Waals surface area contributed by atoms with Crippen LogP contribution in [-0.2, 0) is 20.9 Å². The number of carbonyl (C=O) groups is 1. The second-order valence-electron chi connectivity index (χ2n) is 4.04. The average Bonchev–Trinajstić information content (AvgIpc) is 2.74. The zero-order chi connectivity index (χ0) is 12.3. The molecular formula is C12H14BrNO3. The van der Waals surface area contributed by atoms with Gasteiger partial charge in [-0.15, -0.1) is 0 Å². The molecule has 17 heavy (non-hydrogen) atoms. The minimum absolute atomic E-state index is 0.243. The van der Waals surface area contributed by atoms with E-state index in [1.165, 1.54) is 0 Å². The fourth-order valence-electron chi connectivity index (χ4n) is 1.66. The Balaban J connectivity index is 1.85. The van der Waals surface area contributed by atoms with Crippen molar-refractivity contribution in [1.29, 1.82) is 0 Å². The number of rotatable bonds is 3. The Bertz CT molecular complexity index is 393. The quantitative estimate of drug-likeness (QED) is 0.859. The Morgan fingerprint density at radius 2 is 2.12 bits per heavy atom. The third kappa shape index (κ3) is 3.28. The number of benzene rings is 1. The molecule has 4 nitrogen and oxygen atoms in total. The third-order valence-electron chi connectivity index (χ3n) is 2.72. The number of carbonyl (C=O) groups excluding carboxylic acids is 1. The lowest BCUT2D eigenvalue weighted by Gasteiger charge is -2.12. The van der Waals surface area contributed by atoms with Gasteiger partial charge in [0.15, 0.2) is 0 Å². The Hall–Kier alpha value is -0.910. The molecule has 1 heterocycles. The average molecular weight is 300 g/mol. The van der Waals surface area contributed by atoms with E-state index in [1.54, 1.807) is 0 Å². The zero-order valence-corrected chi connectivity index (χ0v) is 10.9. The summed E-state index contributed by atoms with van der Waals surface area (Å²) in [7, 11) is 0. The van der Waals surface area contributed by atoms with Crippen molar-refractivity contribution >= 4 is 21.9 Å². The first-order chi connectivity index (χ1) is 8.16. The van der Waals surface area contributed by atoms with Gasteiger partial charge in [-0.25, -0.2) is 0 Å². The molecule has 1 aliphatic rings. The number of halogens is 1. The largest absolute Gasteiger partial charge is 0.460 e. The second-order valence-corrected chi connectivity index (χ2v) is 4.96.